The fourth-order valence-corrected chi connectivity index (χ4v) is 2.21. The van der Waals surface area contributed by atoms with Crippen molar-refractivity contribution in [2.45, 2.75) is 33.3 Å². The SMILES string of the molecule is C[C@H](COCc1ccccc1)C[C@@H](C)C/C=C/CO. The van der Waals surface area contributed by atoms with Crippen LogP contribution in [0.5, 0.6) is 0 Å². The lowest BCUT2D eigenvalue weighted by molar-refractivity contribution is 0.0849. The van der Waals surface area contributed by atoms with E-state index in [9.17, 15) is 0 Å². The molecule has 0 bridgehead atoms. The van der Waals surface area contributed by atoms with Crippen LogP contribution in [0, 0.1) is 11.8 Å². The van der Waals surface area contributed by atoms with Gasteiger partial charge in [0.1, 0.15) is 0 Å². The second-order valence-corrected chi connectivity index (χ2v) is 5.34. The lowest BCUT2D eigenvalue weighted by atomic mass is 9.95. The van der Waals surface area contributed by atoms with Crippen molar-refractivity contribution in [1.29, 1.82) is 0 Å². The van der Waals surface area contributed by atoms with Gasteiger partial charge in [0.05, 0.1) is 13.2 Å². The summed E-state index contributed by atoms with van der Waals surface area (Å²) in [6.45, 7) is 6.13. The van der Waals surface area contributed by atoms with Gasteiger partial charge in [-0.3, -0.25) is 0 Å². The van der Waals surface area contributed by atoms with Crippen molar-refractivity contribution < 1.29 is 9.84 Å². The minimum absolute atomic E-state index is 0.141. The van der Waals surface area contributed by atoms with E-state index in [2.05, 4.69) is 32.1 Å². The van der Waals surface area contributed by atoms with Gasteiger partial charge in [-0.05, 0) is 30.2 Å². The summed E-state index contributed by atoms with van der Waals surface area (Å²) >= 11 is 0. The summed E-state index contributed by atoms with van der Waals surface area (Å²) in [5.74, 6) is 1.21. The molecule has 2 nitrogen and oxygen atoms in total. The normalized spacial score (nSPS) is 14.7. The number of hydrogen-bond acceptors (Lipinski definition) is 2. The highest BCUT2D eigenvalue weighted by Crippen LogP contribution is 2.16. The van der Waals surface area contributed by atoms with Crippen molar-refractivity contribution in [1.82, 2.24) is 0 Å². The summed E-state index contributed by atoms with van der Waals surface area (Å²) in [6.07, 6.45) is 6.06. The Balaban J connectivity index is 2.13. The molecule has 0 radical (unpaired) electrons. The third-order valence-electron chi connectivity index (χ3n) is 3.13. The quantitative estimate of drug-likeness (QED) is 0.686. The Morgan fingerprint density at radius 2 is 1.84 bits per heavy atom. The molecule has 2 heteroatoms. The average Bonchev–Trinajstić information content (AvgIpc) is 2.40. The van der Waals surface area contributed by atoms with Crippen molar-refractivity contribution in [2.75, 3.05) is 13.2 Å². The first kappa shape index (κ1) is 15.9. The second-order valence-electron chi connectivity index (χ2n) is 5.34. The van der Waals surface area contributed by atoms with E-state index in [0.717, 1.165) is 19.4 Å². The third-order valence-corrected chi connectivity index (χ3v) is 3.13. The summed E-state index contributed by atoms with van der Waals surface area (Å²) in [6, 6.07) is 10.3. The van der Waals surface area contributed by atoms with Gasteiger partial charge < -0.3 is 9.84 Å². The smallest absolute Gasteiger partial charge is 0.0717 e. The number of benzene rings is 1. The predicted octanol–water partition coefficient (Wildman–Crippen LogP) is 3.80. The van der Waals surface area contributed by atoms with E-state index < -0.39 is 0 Å². The fraction of sp³-hybridized carbons (Fsp3) is 0.529. The van der Waals surface area contributed by atoms with E-state index in [4.69, 9.17) is 9.84 Å². The lowest BCUT2D eigenvalue weighted by Crippen LogP contribution is -2.10. The molecule has 1 rings (SSSR count). The summed E-state index contributed by atoms with van der Waals surface area (Å²) in [7, 11) is 0. The molecule has 0 unspecified atom stereocenters. The van der Waals surface area contributed by atoms with Gasteiger partial charge in [0.15, 0.2) is 0 Å². The van der Waals surface area contributed by atoms with Gasteiger partial charge in [-0.2, -0.15) is 0 Å². The van der Waals surface area contributed by atoms with Gasteiger partial charge in [0.25, 0.3) is 0 Å². The highest BCUT2D eigenvalue weighted by Gasteiger charge is 2.08. The fourth-order valence-electron chi connectivity index (χ4n) is 2.21. The summed E-state index contributed by atoms with van der Waals surface area (Å²) in [5.41, 5.74) is 1.23. The molecule has 0 aliphatic carbocycles. The zero-order valence-corrected chi connectivity index (χ0v) is 12.1. The molecule has 0 amide bonds. The number of allylic oxidation sites excluding steroid dienone is 1. The van der Waals surface area contributed by atoms with Gasteiger partial charge in [-0.25, -0.2) is 0 Å². The molecule has 0 aliphatic heterocycles. The van der Waals surface area contributed by atoms with E-state index in [-0.39, 0.29) is 6.61 Å². The number of hydrogen-bond donors (Lipinski definition) is 1. The van der Waals surface area contributed by atoms with E-state index >= 15 is 0 Å². The molecule has 0 saturated carbocycles. The molecule has 0 aromatic heterocycles. The minimum Gasteiger partial charge on any atom is -0.392 e. The molecule has 0 spiro atoms. The monoisotopic (exact) mass is 262 g/mol. The zero-order valence-electron chi connectivity index (χ0n) is 12.1. The van der Waals surface area contributed by atoms with Crippen LogP contribution in [0.3, 0.4) is 0 Å². The molecule has 0 fully saturated rings. The first-order valence-corrected chi connectivity index (χ1v) is 7.10. The van der Waals surface area contributed by atoms with Crippen LogP contribution >= 0.6 is 0 Å². The van der Waals surface area contributed by atoms with E-state index in [1.165, 1.54) is 5.56 Å². The summed E-state index contributed by atoms with van der Waals surface area (Å²) in [5, 5.41) is 8.68. The predicted molar refractivity (Wildman–Crippen MR) is 79.9 cm³/mol. The van der Waals surface area contributed by atoms with Crippen LogP contribution in [-0.2, 0) is 11.3 Å². The van der Waals surface area contributed by atoms with Crippen LogP contribution < -0.4 is 0 Å². The molecule has 2 atom stereocenters. The van der Waals surface area contributed by atoms with Crippen LogP contribution in [0.2, 0.25) is 0 Å². The van der Waals surface area contributed by atoms with Gasteiger partial charge in [-0.15, -0.1) is 0 Å². The molecule has 1 N–H and O–H groups in total. The Morgan fingerprint density at radius 1 is 1.11 bits per heavy atom. The second kappa shape index (κ2) is 9.76. The van der Waals surface area contributed by atoms with Crippen molar-refractivity contribution in [3.8, 4) is 0 Å². The molecule has 19 heavy (non-hydrogen) atoms. The van der Waals surface area contributed by atoms with E-state index in [1.807, 2.05) is 24.3 Å². The topological polar surface area (TPSA) is 29.5 Å². The standard InChI is InChI=1S/C17H26O2/c1-15(8-6-7-11-18)12-16(2)13-19-14-17-9-4-3-5-10-17/h3-7,9-10,15-16,18H,8,11-14H2,1-2H3/b7-6+/t15-,16-/m0/s1. The Kier molecular flexibility index (Phi) is 8.19. The van der Waals surface area contributed by atoms with Crippen LogP contribution in [0.4, 0.5) is 0 Å². The van der Waals surface area contributed by atoms with Crippen molar-refractivity contribution in [3.05, 3.63) is 48.0 Å². The van der Waals surface area contributed by atoms with Crippen LogP contribution in [0.15, 0.2) is 42.5 Å². The zero-order chi connectivity index (χ0) is 13.9. The molecule has 0 aliphatic rings. The Labute approximate surface area is 117 Å². The maximum absolute atomic E-state index is 8.68. The summed E-state index contributed by atoms with van der Waals surface area (Å²) in [4.78, 5) is 0. The largest absolute Gasteiger partial charge is 0.392 e. The maximum atomic E-state index is 8.68. The lowest BCUT2D eigenvalue weighted by Gasteiger charge is -2.16. The van der Waals surface area contributed by atoms with Crippen molar-refractivity contribution in [2.24, 2.45) is 11.8 Å². The van der Waals surface area contributed by atoms with E-state index in [1.54, 1.807) is 0 Å². The van der Waals surface area contributed by atoms with Crippen molar-refractivity contribution >= 4 is 0 Å². The Bertz CT molecular complexity index is 346. The number of aliphatic hydroxyl groups excluding tert-OH is 1. The van der Waals surface area contributed by atoms with Crippen LogP contribution in [0.1, 0.15) is 32.3 Å². The molecule has 1 aromatic rings. The molecule has 0 saturated heterocycles. The molecule has 1 aromatic carbocycles. The third kappa shape index (κ3) is 7.81. The van der Waals surface area contributed by atoms with Gasteiger partial charge >= 0.3 is 0 Å². The first-order valence-electron chi connectivity index (χ1n) is 7.10. The minimum atomic E-state index is 0.141. The highest BCUT2D eigenvalue weighted by atomic mass is 16.5. The van der Waals surface area contributed by atoms with Crippen LogP contribution in [-0.4, -0.2) is 18.3 Å². The van der Waals surface area contributed by atoms with Crippen LogP contribution in [0.25, 0.3) is 0 Å². The molecular weight excluding hydrogens is 236 g/mol. The first-order chi connectivity index (χ1) is 9.22. The van der Waals surface area contributed by atoms with Gasteiger partial charge in [-0.1, -0.05) is 56.3 Å². The molecule has 106 valence electrons. The average molecular weight is 262 g/mol. The maximum Gasteiger partial charge on any atom is 0.0717 e. The Hall–Kier alpha value is -1.12. The number of aliphatic hydroxyl groups is 1. The molecule has 0 heterocycles. The van der Waals surface area contributed by atoms with Crippen molar-refractivity contribution in [3.63, 3.8) is 0 Å². The highest BCUT2D eigenvalue weighted by molar-refractivity contribution is 5.13. The van der Waals surface area contributed by atoms with E-state index in [0.29, 0.717) is 18.4 Å². The van der Waals surface area contributed by atoms with Gasteiger partial charge in [0, 0.05) is 6.61 Å². The number of rotatable bonds is 9. The van der Waals surface area contributed by atoms with Gasteiger partial charge in [0.2, 0.25) is 0 Å². The molecular formula is C17H26O2. The Morgan fingerprint density at radius 3 is 2.53 bits per heavy atom. The summed E-state index contributed by atoms with van der Waals surface area (Å²) < 4.78 is 5.75. The number of ether oxygens (including phenoxy) is 1.